The molecule has 3 N–H and O–H groups in total. The second-order valence-corrected chi connectivity index (χ2v) is 8.00. The largest absolute Gasteiger partial charge is 0.508 e. The molecule has 2 aromatic rings. The van der Waals surface area contributed by atoms with Crippen LogP contribution in [0.5, 0.6) is 5.75 Å². The number of benzene rings is 2. The van der Waals surface area contributed by atoms with Crippen LogP contribution in [0.2, 0.25) is 0 Å². The van der Waals surface area contributed by atoms with E-state index in [1.807, 2.05) is 17.0 Å². The minimum absolute atomic E-state index is 0.00486. The number of phenols is 1. The van der Waals surface area contributed by atoms with Crippen LogP contribution in [0, 0.1) is 11.7 Å². The van der Waals surface area contributed by atoms with E-state index in [1.54, 1.807) is 24.3 Å². The Morgan fingerprint density at radius 2 is 1.86 bits per heavy atom. The maximum atomic E-state index is 13.6. The fraction of sp³-hybridized carbons (Fsp3) is 0.409. The van der Waals surface area contributed by atoms with Crippen LogP contribution in [0.3, 0.4) is 0 Å². The van der Waals surface area contributed by atoms with E-state index in [0.29, 0.717) is 6.54 Å². The van der Waals surface area contributed by atoms with E-state index in [1.165, 1.54) is 12.1 Å². The Balaban J connectivity index is 1.54. The molecule has 1 amide bonds. The van der Waals surface area contributed by atoms with Crippen LogP contribution in [0.15, 0.2) is 48.5 Å². The van der Waals surface area contributed by atoms with Gasteiger partial charge < -0.3 is 14.7 Å². The lowest BCUT2D eigenvalue weighted by atomic mass is 9.83. The van der Waals surface area contributed by atoms with Crippen molar-refractivity contribution in [1.82, 2.24) is 15.8 Å². The summed E-state index contributed by atoms with van der Waals surface area (Å²) in [4.78, 5) is 15.2. The van der Waals surface area contributed by atoms with Gasteiger partial charge in [-0.25, -0.2) is 15.2 Å². The summed E-state index contributed by atoms with van der Waals surface area (Å²) >= 11 is 0. The Morgan fingerprint density at radius 1 is 1.10 bits per heavy atom. The number of aromatic hydroxyl groups is 1. The zero-order valence-electron chi connectivity index (χ0n) is 15.9. The molecule has 0 radical (unpaired) electrons. The number of carbonyl (C=O) groups is 1. The normalized spacial score (nSPS) is 31.4. The molecule has 29 heavy (non-hydrogen) atoms. The van der Waals surface area contributed by atoms with Crippen LogP contribution in [0.4, 0.5) is 4.39 Å². The lowest BCUT2D eigenvalue weighted by Crippen LogP contribution is -2.43. The number of carbonyl (C=O) groups excluding carboxylic acids is 1. The number of phenolic OH excluding ortho intramolecular Hbond substituents is 1. The molecule has 7 heteroatoms. The van der Waals surface area contributed by atoms with Crippen molar-refractivity contribution in [2.45, 2.75) is 37.1 Å². The van der Waals surface area contributed by atoms with Crippen molar-refractivity contribution in [3.8, 4) is 5.75 Å². The molecule has 152 valence electrons. The molecule has 3 saturated heterocycles. The number of rotatable bonds is 4. The number of para-hydroxylation sites is 1. The molecule has 3 aliphatic heterocycles. The van der Waals surface area contributed by atoms with Crippen molar-refractivity contribution in [2.24, 2.45) is 5.92 Å². The van der Waals surface area contributed by atoms with Gasteiger partial charge in [0.2, 0.25) is 5.91 Å². The van der Waals surface area contributed by atoms with E-state index >= 15 is 0 Å². The molecule has 0 aliphatic carbocycles. The van der Waals surface area contributed by atoms with Gasteiger partial charge in [-0.3, -0.25) is 4.79 Å². The molecular weight excluding hydrogens is 373 g/mol. The van der Waals surface area contributed by atoms with Crippen molar-refractivity contribution < 1.29 is 19.0 Å². The third kappa shape index (κ3) is 3.19. The molecule has 5 atom stereocenters. The molecule has 2 aromatic carbocycles. The van der Waals surface area contributed by atoms with E-state index in [0.717, 1.165) is 30.6 Å². The first-order valence-corrected chi connectivity index (χ1v) is 10.1. The summed E-state index contributed by atoms with van der Waals surface area (Å²) in [6.45, 7) is 1.24. The second kappa shape index (κ2) is 7.40. The maximum absolute atomic E-state index is 13.6. The Labute approximate surface area is 168 Å². The highest BCUT2D eigenvalue weighted by molar-refractivity contribution is 5.86. The Hall–Kier alpha value is -2.48. The number of halogens is 1. The topological polar surface area (TPSA) is 73.8 Å². The van der Waals surface area contributed by atoms with Crippen LogP contribution in [-0.4, -0.2) is 41.2 Å². The first-order valence-electron chi connectivity index (χ1n) is 10.1. The van der Waals surface area contributed by atoms with Crippen LogP contribution in [-0.2, 0) is 9.53 Å². The molecule has 6 nitrogen and oxygen atoms in total. The van der Waals surface area contributed by atoms with Crippen molar-refractivity contribution in [3.63, 3.8) is 0 Å². The lowest BCUT2D eigenvalue weighted by molar-refractivity contribution is -0.132. The van der Waals surface area contributed by atoms with Gasteiger partial charge in [-0.05, 0) is 36.6 Å². The maximum Gasteiger partial charge on any atom is 0.242 e. The number of likely N-dealkylation sites (tertiary alicyclic amines) is 1. The third-order valence-corrected chi connectivity index (χ3v) is 6.32. The Kier molecular flexibility index (Phi) is 4.73. The average Bonchev–Trinajstić information content (AvgIpc) is 3.44. The van der Waals surface area contributed by atoms with Crippen LogP contribution < -0.4 is 10.9 Å². The van der Waals surface area contributed by atoms with Gasteiger partial charge in [0.05, 0.1) is 18.2 Å². The molecule has 3 aliphatic rings. The number of fused-ring (bicyclic) bond motifs is 1. The number of hydrogen-bond donors (Lipinski definition) is 3. The second-order valence-electron chi connectivity index (χ2n) is 8.00. The standard InChI is InChI=1S/C22H24FN3O3/c23-14-9-7-13(8-10-14)21-18-19(16-5-1-2-6-17(16)27)24-25-20(18)22(28)26(21)12-15-4-3-11-29-15/h1-2,5-10,15,18-21,24-25,27H,3-4,11-12H2. The van der Waals surface area contributed by atoms with E-state index in [4.69, 9.17) is 4.74 Å². The average molecular weight is 397 g/mol. The minimum atomic E-state index is -0.420. The molecule has 0 saturated carbocycles. The van der Waals surface area contributed by atoms with Crippen molar-refractivity contribution in [3.05, 3.63) is 65.5 Å². The fourth-order valence-corrected chi connectivity index (χ4v) is 4.99. The molecule has 3 fully saturated rings. The van der Waals surface area contributed by atoms with Crippen LogP contribution in [0.25, 0.3) is 0 Å². The first kappa shape index (κ1) is 18.5. The molecular formula is C22H24FN3O3. The van der Waals surface area contributed by atoms with Crippen LogP contribution >= 0.6 is 0 Å². The minimum Gasteiger partial charge on any atom is -0.508 e. The van der Waals surface area contributed by atoms with Crippen molar-refractivity contribution >= 4 is 5.91 Å². The van der Waals surface area contributed by atoms with E-state index in [9.17, 15) is 14.3 Å². The number of ether oxygens (including phenoxy) is 1. The highest BCUT2D eigenvalue weighted by atomic mass is 19.1. The van der Waals surface area contributed by atoms with Gasteiger partial charge in [0.1, 0.15) is 17.6 Å². The predicted octanol–water partition coefficient (Wildman–Crippen LogP) is 2.43. The van der Waals surface area contributed by atoms with Gasteiger partial charge >= 0.3 is 0 Å². The van der Waals surface area contributed by atoms with E-state index in [2.05, 4.69) is 10.9 Å². The molecule has 5 rings (SSSR count). The zero-order chi connectivity index (χ0) is 20.0. The quantitative estimate of drug-likeness (QED) is 0.739. The number of nitrogens with one attached hydrogen (secondary N) is 2. The summed E-state index contributed by atoms with van der Waals surface area (Å²) in [5, 5.41) is 10.4. The zero-order valence-corrected chi connectivity index (χ0v) is 15.9. The number of nitrogens with zero attached hydrogens (tertiary/aromatic N) is 1. The number of amides is 1. The summed E-state index contributed by atoms with van der Waals surface area (Å²) in [5.74, 6) is -0.261. The number of hydrogen-bond acceptors (Lipinski definition) is 5. The van der Waals surface area contributed by atoms with Crippen molar-refractivity contribution in [2.75, 3.05) is 13.2 Å². The summed E-state index contributed by atoms with van der Waals surface area (Å²) < 4.78 is 19.4. The molecule has 0 aromatic heterocycles. The smallest absolute Gasteiger partial charge is 0.242 e. The van der Waals surface area contributed by atoms with Gasteiger partial charge in [-0.1, -0.05) is 30.3 Å². The summed E-state index contributed by atoms with van der Waals surface area (Å²) in [6, 6.07) is 12.6. The predicted molar refractivity (Wildman–Crippen MR) is 104 cm³/mol. The summed E-state index contributed by atoms with van der Waals surface area (Å²) in [6.07, 6.45) is 1.96. The fourth-order valence-electron chi connectivity index (χ4n) is 4.99. The van der Waals surface area contributed by atoms with Gasteiger partial charge in [-0.15, -0.1) is 0 Å². The summed E-state index contributed by atoms with van der Waals surface area (Å²) in [7, 11) is 0. The molecule has 0 bridgehead atoms. The molecule has 3 heterocycles. The van der Waals surface area contributed by atoms with Gasteiger partial charge in [0.25, 0.3) is 0 Å². The molecule has 0 spiro atoms. The monoisotopic (exact) mass is 397 g/mol. The van der Waals surface area contributed by atoms with E-state index in [-0.39, 0.29) is 41.6 Å². The van der Waals surface area contributed by atoms with Crippen molar-refractivity contribution in [1.29, 1.82) is 0 Å². The van der Waals surface area contributed by atoms with Crippen LogP contribution in [0.1, 0.15) is 36.1 Å². The van der Waals surface area contributed by atoms with E-state index < -0.39 is 6.04 Å². The highest BCUT2D eigenvalue weighted by Crippen LogP contribution is 2.48. The van der Waals surface area contributed by atoms with Gasteiger partial charge in [-0.2, -0.15) is 0 Å². The van der Waals surface area contributed by atoms with Gasteiger partial charge in [0, 0.05) is 24.6 Å². The lowest BCUT2D eigenvalue weighted by Gasteiger charge is -2.32. The Morgan fingerprint density at radius 3 is 2.59 bits per heavy atom. The summed E-state index contributed by atoms with van der Waals surface area (Å²) in [5.41, 5.74) is 7.98. The SMILES string of the molecule is O=C1C2NNC(c3ccccc3O)C2C(c2ccc(F)cc2)N1CC1CCCO1. The first-order chi connectivity index (χ1) is 14.1. The third-order valence-electron chi connectivity index (χ3n) is 6.32. The number of hydrazine groups is 1. The van der Waals surface area contributed by atoms with Gasteiger partial charge in [0.15, 0.2) is 0 Å². The molecule has 5 unspecified atom stereocenters. The Bertz CT molecular complexity index is 900. The highest BCUT2D eigenvalue weighted by Gasteiger charge is 2.56.